The monoisotopic (exact) mass is 295 g/mol. The summed E-state index contributed by atoms with van der Waals surface area (Å²) < 4.78 is 1.17. The number of nitrogens with one attached hydrogen (secondary N) is 1. The largest absolute Gasteiger partial charge is 0.310 e. The molecule has 0 aliphatic heterocycles. The molecule has 17 heavy (non-hydrogen) atoms. The van der Waals surface area contributed by atoms with Gasteiger partial charge in [0.05, 0.1) is 0 Å². The van der Waals surface area contributed by atoms with E-state index in [1.54, 1.807) is 0 Å². The molecule has 0 fully saturated rings. The van der Waals surface area contributed by atoms with Gasteiger partial charge in [-0.3, -0.25) is 0 Å². The molecule has 1 unspecified atom stereocenters. The van der Waals surface area contributed by atoms with Gasteiger partial charge in [-0.25, -0.2) is 0 Å². The first-order chi connectivity index (χ1) is 8.08. The maximum Gasteiger partial charge on any atom is 0.0357 e. The van der Waals surface area contributed by atoms with Crippen molar-refractivity contribution < 1.29 is 0 Å². The average Bonchev–Trinajstić information content (AvgIpc) is 2.32. The Kier molecular flexibility index (Phi) is 5.93. The second-order valence-electron chi connectivity index (χ2n) is 4.43. The number of halogens is 1. The number of aryl methyl sites for hydroxylation is 1. The molecule has 1 rings (SSSR count). The molecule has 0 spiro atoms. The lowest BCUT2D eigenvalue weighted by Gasteiger charge is -2.20. The average molecular weight is 296 g/mol. The molecule has 0 saturated carbocycles. The van der Waals surface area contributed by atoms with Gasteiger partial charge in [-0.2, -0.15) is 0 Å². The predicted octanol–water partition coefficient (Wildman–Crippen LogP) is 4.76. The summed E-state index contributed by atoms with van der Waals surface area (Å²) in [7, 11) is 0. The van der Waals surface area contributed by atoms with Crippen LogP contribution in [0.2, 0.25) is 0 Å². The molecule has 1 nitrogen and oxygen atoms in total. The summed E-state index contributed by atoms with van der Waals surface area (Å²) in [6.45, 7) is 11.5. The summed E-state index contributed by atoms with van der Waals surface area (Å²) in [4.78, 5) is 0. The Balaban J connectivity index is 2.88. The Bertz CT molecular complexity index is 385. The van der Waals surface area contributed by atoms with Gasteiger partial charge in [-0.1, -0.05) is 54.1 Å². The second kappa shape index (κ2) is 6.97. The predicted molar refractivity (Wildman–Crippen MR) is 79.3 cm³/mol. The van der Waals surface area contributed by atoms with Crippen molar-refractivity contribution in [3.8, 4) is 0 Å². The Morgan fingerprint density at radius 1 is 1.41 bits per heavy atom. The molecule has 0 aliphatic rings. The normalized spacial score (nSPS) is 12.5. The van der Waals surface area contributed by atoms with Crippen molar-refractivity contribution in [1.82, 2.24) is 5.32 Å². The van der Waals surface area contributed by atoms with Crippen LogP contribution in [-0.2, 0) is 0 Å². The van der Waals surface area contributed by atoms with E-state index in [2.05, 4.69) is 66.8 Å². The molecule has 1 aromatic carbocycles. The van der Waals surface area contributed by atoms with Gasteiger partial charge >= 0.3 is 0 Å². The molecule has 0 saturated heterocycles. The Labute approximate surface area is 113 Å². The fourth-order valence-corrected chi connectivity index (χ4v) is 2.12. The van der Waals surface area contributed by atoms with Crippen LogP contribution in [0.4, 0.5) is 0 Å². The molecule has 1 N–H and O–H groups in total. The van der Waals surface area contributed by atoms with Crippen molar-refractivity contribution in [3.05, 3.63) is 46.0 Å². The molecule has 1 atom stereocenters. The first-order valence-corrected chi connectivity index (χ1v) is 7.03. The maximum absolute atomic E-state index is 4.11. The fourth-order valence-electron chi connectivity index (χ4n) is 1.87. The van der Waals surface area contributed by atoms with Crippen LogP contribution in [-0.4, -0.2) is 6.54 Å². The van der Waals surface area contributed by atoms with Gasteiger partial charge in [-0.05, 0) is 43.5 Å². The van der Waals surface area contributed by atoms with Crippen LogP contribution in [0, 0.1) is 6.92 Å². The van der Waals surface area contributed by atoms with Crippen molar-refractivity contribution in [2.24, 2.45) is 0 Å². The number of hydrogen-bond donors (Lipinski definition) is 1. The van der Waals surface area contributed by atoms with Gasteiger partial charge in [0.25, 0.3) is 0 Å². The van der Waals surface area contributed by atoms with Gasteiger partial charge in [-0.15, -0.1) is 0 Å². The lowest BCUT2D eigenvalue weighted by atomic mass is 9.97. The molecule has 2 heteroatoms. The highest BCUT2D eigenvalue weighted by molar-refractivity contribution is 9.10. The molecule has 0 aliphatic carbocycles. The van der Waals surface area contributed by atoms with Crippen molar-refractivity contribution in [1.29, 1.82) is 0 Å². The zero-order valence-electron chi connectivity index (χ0n) is 11.0. The number of hydrogen-bond acceptors (Lipinski definition) is 1. The zero-order valence-corrected chi connectivity index (χ0v) is 12.6. The molecule has 0 heterocycles. The van der Waals surface area contributed by atoms with Crippen molar-refractivity contribution in [2.45, 2.75) is 39.7 Å². The van der Waals surface area contributed by atoms with E-state index in [0.717, 1.165) is 19.4 Å². The smallest absolute Gasteiger partial charge is 0.0357 e. The topological polar surface area (TPSA) is 12.0 Å². The van der Waals surface area contributed by atoms with Gasteiger partial charge in [0.15, 0.2) is 0 Å². The summed E-state index contributed by atoms with van der Waals surface area (Å²) in [5.74, 6) is 0. The highest BCUT2D eigenvalue weighted by Crippen LogP contribution is 2.25. The van der Waals surface area contributed by atoms with E-state index in [1.807, 2.05) is 0 Å². The van der Waals surface area contributed by atoms with Crippen LogP contribution in [0.5, 0.6) is 0 Å². The van der Waals surface area contributed by atoms with E-state index in [1.165, 1.54) is 21.2 Å². The maximum atomic E-state index is 4.11. The van der Waals surface area contributed by atoms with E-state index < -0.39 is 0 Å². The van der Waals surface area contributed by atoms with Crippen LogP contribution >= 0.6 is 15.9 Å². The Morgan fingerprint density at radius 3 is 2.65 bits per heavy atom. The van der Waals surface area contributed by atoms with Gasteiger partial charge in [0.1, 0.15) is 0 Å². The summed E-state index contributed by atoms with van der Waals surface area (Å²) in [6, 6.07) is 6.96. The Morgan fingerprint density at radius 2 is 2.12 bits per heavy atom. The van der Waals surface area contributed by atoms with Crippen LogP contribution in [0.1, 0.15) is 43.9 Å². The third-order valence-electron chi connectivity index (χ3n) is 3.03. The highest BCUT2D eigenvalue weighted by atomic mass is 79.9. The minimum atomic E-state index is 0.388. The minimum absolute atomic E-state index is 0.388. The molecule has 0 aromatic heterocycles. The molecular weight excluding hydrogens is 274 g/mol. The molecule has 1 aromatic rings. The molecular formula is C15H22BrN. The van der Waals surface area contributed by atoms with Crippen LogP contribution in [0.25, 0.3) is 0 Å². The van der Waals surface area contributed by atoms with E-state index in [0.29, 0.717) is 6.04 Å². The lowest BCUT2D eigenvalue weighted by molar-refractivity contribution is 0.542. The fraction of sp³-hybridized carbons (Fsp3) is 0.467. The second-order valence-corrected chi connectivity index (χ2v) is 5.28. The first-order valence-electron chi connectivity index (χ1n) is 6.24. The van der Waals surface area contributed by atoms with Gasteiger partial charge in [0.2, 0.25) is 0 Å². The third kappa shape index (κ3) is 4.29. The molecule has 94 valence electrons. The SMILES string of the molecule is C=C(CC)CC(NCC)c1ccc(Br)c(C)c1. The van der Waals surface area contributed by atoms with Crippen LogP contribution in [0.3, 0.4) is 0 Å². The standard InChI is InChI=1S/C15H22BrN/c1-5-11(3)9-15(17-6-2)13-7-8-14(16)12(4)10-13/h7-8,10,15,17H,3,5-6,9H2,1-2,4H3. The number of rotatable bonds is 6. The molecule has 0 bridgehead atoms. The van der Waals surface area contributed by atoms with E-state index >= 15 is 0 Å². The summed E-state index contributed by atoms with van der Waals surface area (Å²) in [5, 5.41) is 3.53. The molecule has 0 radical (unpaired) electrons. The highest BCUT2D eigenvalue weighted by Gasteiger charge is 2.11. The van der Waals surface area contributed by atoms with Gasteiger partial charge < -0.3 is 5.32 Å². The first kappa shape index (κ1) is 14.5. The van der Waals surface area contributed by atoms with Crippen LogP contribution < -0.4 is 5.32 Å². The lowest BCUT2D eigenvalue weighted by Crippen LogP contribution is -2.21. The van der Waals surface area contributed by atoms with E-state index in [4.69, 9.17) is 0 Å². The number of benzene rings is 1. The third-order valence-corrected chi connectivity index (χ3v) is 3.92. The van der Waals surface area contributed by atoms with E-state index in [-0.39, 0.29) is 0 Å². The summed E-state index contributed by atoms with van der Waals surface area (Å²) >= 11 is 3.54. The van der Waals surface area contributed by atoms with E-state index in [9.17, 15) is 0 Å². The quantitative estimate of drug-likeness (QED) is 0.746. The minimum Gasteiger partial charge on any atom is -0.310 e. The van der Waals surface area contributed by atoms with Crippen molar-refractivity contribution in [3.63, 3.8) is 0 Å². The molecule has 0 amide bonds. The summed E-state index contributed by atoms with van der Waals surface area (Å²) in [6.07, 6.45) is 2.07. The summed E-state index contributed by atoms with van der Waals surface area (Å²) in [5.41, 5.74) is 3.94. The Hall–Kier alpha value is -0.600. The van der Waals surface area contributed by atoms with Crippen molar-refractivity contribution in [2.75, 3.05) is 6.54 Å². The van der Waals surface area contributed by atoms with Crippen molar-refractivity contribution >= 4 is 15.9 Å². The zero-order chi connectivity index (χ0) is 12.8. The van der Waals surface area contributed by atoms with Crippen LogP contribution in [0.15, 0.2) is 34.8 Å². The van der Waals surface area contributed by atoms with Gasteiger partial charge in [0, 0.05) is 10.5 Å².